The highest BCUT2D eigenvalue weighted by atomic mass is 32.2. The zero-order valence-electron chi connectivity index (χ0n) is 13.5. The van der Waals surface area contributed by atoms with Gasteiger partial charge in [-0.25, -0.2) is 8.42 Å². The smallest absolute Gasteiger partial charge is 0.261 e. The molecule has 122 valence electrons. The van der Waals surface area contributed by atoms with Crippen molar-refractivity contribution in [3.8, 4) is 0 Å². The maximum atomic E-state index is 12.7. The Balaban J connectivity index is 1.77. The summed E-state index contributed by atoms with van der Waals surface area (Å²) >= 11 is 0. The van der Waals surface area contributed by atoms with Crippen molar-refractivity contribution in [3.63, 3.8) is 0 Å². The predicted molar refractivity (Wildman–Crippen MR) is 97.9 cm³/mol. The second-order valence-electron chi connectivity index (χ2n) is 6.44. The topological polar surface area (TPSA) is 46.2 Å². The second kappa shape index (κ2) is 5.64. The SMILES string of the molecule is Cc1ccc(S(=O)(=O)Nc2ccc(C3CC3)c3ccccc23)cc1. The number of sulfonamides is 1. The molecule has 3 aromatic carbocycles. The van der Waals surface area contributed by atoms with Crippen LogP contribution in [-0.2, 0) is 10.0 Å². The van der Waals surface area contributed by atoms with E-state index in [1.807, 2.05) is 43.3 Å². The fraction of sp³-hybridized carbons (Fsp3) is 0.200. The maximum absolute atomic E-state index is 12.7. The molecule has 1 aliphatic carbocycles. The molecule has 0 aromatic heterocycles. The van der Waals surface area contributed by atoms with E-state index in [0.29, 0.717) is 11.6 Å². The molecule has 1 saturated carbocycles. The number of hydrogen-bond donors (Lipinski definition) is 1. The third-order valence-corrected chi connectivity index (χ3v) is 5.93. The molecule has 0 unspecified atom stereocenters. The zero-order valence-corrected chi connectivity index (χ0v) is 14.3. The van der Waals surface area contributed by atoms with Gasteiger partial charge < -0.3 is 0 Å². The summed E-state index contributed by atoms with van der Waals surface area (Å²) in [7, 11) is -3.59. The second-order valence-corrected chi connectivity index (χ2v) is 8.12. The van der Waals surface area contributed by atoms with E-state index in [1.165, 1.54) is 18.4 Å². The van der Waals surface area contributed by atoms with Crippen LogP contribution in [-0.4, -0.2) is 8.42 Å². The Kier molecular flexibility index (Phi) is 3.57. The number of hydrogen-bond acceptors (Lipinski definition) is 2. The van der Waals surface area contributed by atoms with E-state index in [1.54, 1.807) is 12.1 Å². The highest BCUT2D eigenvalue weighted by Gasteiger charge is 2.26. The van der Waals surface area contributed by atoms with Gasteiger partial charge in [-0.2, -0.15) is 0 Å². The summed E-state index contributed by atoms with van der Waals surface area (Å²) in [5, 5.41) is 2.10. The van der Waals surface area contributed by atoms with Crippen LogP contribution >= 0.6 is 0 Å². The van der Waals surface area contributed by atoms with Gasteiger partial charge in [0.2, 0.25) is 0 Å². The van der Waals surface area contributed by atoms with Crippen LogP contribution < -0.4 is 4.72 Å². The summed E-state index contributed by atoms with van der Waals surface area (Å²) in [6, 6.07) is 18.9. The van der Waals surface area contributed by atoms with E-state index < -0.39 is 10.0 Å². The van der Waals surface area contributed by atoms with Crippen LogP contribution in [0, 0.1) is 6.92 Å². The van der Waals surface area contributed by atoms with Gasteiger partial charge in [-0.3, -0.25) is 4.72 Å². The molecule has 0 saturated heterocycles. The summed E-state index contributed by atoms with van der Waals surface area (Å²) in [5.74, 6) is 0.623. The molecule has 0 aliphatic heterocycles. The molecule has 24 heavy (non-hydrogen) atoms. The van der Waals surface area contributed by atoms with E-state index in [2.05, 4.69) is 16.9 Å². The monoisotopic (exact) mass is 337 g/mol. The molecule has 0 amide bonds. The van der Waals surface area contributed by atoms with Gasteiger partial charge in [0.05, 0.1) is 10.6 Å². The van der Waals surface area contributed by atoms with Crippen molar-refractivity contribution in [2.24, 2.45) is 0 Å². The highest BCUT2D eigenvalue weighted by Crippen LogP contribution is 2.44. The van der Waals surface area contributed by atoms with Gasteiger partial charge in [0.15, 0.2) is 0 Å². The standard InChI is InChI=1S/C20H19NO2S/c1-14-6-10-16(11-7-14)24(22,23)21-20-13-12-17(15-8-9-15)18-4-2-3-5-19(18)20/h2-7,10-13,15,21H,8-9H2,1H3. The van der Waals surface area contributed by atoms with Crippen molar-refractivity contribution < 1.29 is 8.42 Å². The Morgan fingerprint density at radius 3 is 2.21 bits per heavy atom. The molecule has 0 spiro atoms. The van der Waals surface area contributed by atoms with Crippen LogP contribution in [0.25, 0.3) is 10.8 Å². The first-order valence-corrected chi connectivity index (χ1v) is 9.64. The molecule has 3 aromatic rings. The molecule has 0 radical (unpaired) electrons. The lowest BCUT2D eigenvalue weighted by molar-refractivity contribution is 0.601. The molecular weight excluding hydrogens is 318 g/mol. The predicted octanol–water partition coefficient (Wildman–Crippen LogP) is 4.83. The molecule has 1 aliphatic rings. The summed E-state index contributed by atoms with van der Waals surface area (Å²) in [5.41, 5.74) is 2.99. The first-order chi connectivity index (χ1) is 11.5. The fourth-order valence-corrected chi connectivity index (χ4v) is 4.16. The maximum Gasteiger partial charge on any atom is 0.261 e. The summed E-state index contributed by atoms with van der Waals surface area (Å²) in [4.78, 5) is 0.281. The van der Waals surface area contributed by atoms with Crippen LogP contribution in [0.3, 0.4) is 0 Å². The van der Waals surface area contributed by atoms with Gasteiger partial charge in [0, 0.05) is 5.39 Å². The van der Waals surface area contributed by atoms with Crippen LogP contribution in [0.4, 0.5) is 5.69 Å². The highest BCUT2D eigenvalue weighted by molar-refractivity contribution is 7.92. The summed E-state index contributed by atoms with van der Waals surface area (Å²) in [6.45, 7) is 1.94. The van der Waals surface area contributed by atoms with Crippen molar-refractivity contribution in [2.45, 2.75) is 30.6 Å². The lowest BCUT2D eigenvalue weighted by Gasteiger charge is -2.13. The average Bonchev–Trinajstić information content (AvgIpc) is 3.40. The van der Waals surface area contributed by atoms with Crippen molar-refractivity contribution in [3.05, 3.63) is 71.8 Å². The number of aryl methyl sites for hydroxylation is 1. The quantitative estimate of drug-likeness (QED) is 0.741. The van der Waals surface area contributed by atoms with E-state index in [0.717, 1.165) is 16.3 Å². The van der Waals surface area contributed by atoms with Crippen molar-refractivity contribution in [1.29, 1.82) is 0 Å². The first kappa shape index (κ1) is 15.2. The Hall–Kier alpha value is -2.33. The van der Waals surface area contributed by atoms with Gasteiger partial charge in [0.25, 0.3) is 10.0 Å². The molecule has 1 fully saturated rings. The Morgan fingerprint density at radius 2 is 1.54 bits per heavy atom. The van der Waals surface area contributed by atoms with Crippen molar-refractivity contribution >= 4 is 26.5 Å². The number of anilines is 1. The fourth-order valence-electron chi connectivity index (χ4n) is 3.08. The molecule has 4 rings (SSSR count). The third-order valence-electron chi connectivity index (χ3n) is 4.55. The molecule has 3 nitrogen and oxygen atoms in total. The van der Waals surface area contributed by atoms with Gasteiger partial charge >= 0.3 is 0 Å². The van der Waals surface area contributed by atoms with Crippen LogP contribution in [0.5, 0.6) is 0 Å². The minimum atomic E-state index is -3.59. The number of nitrogens with one attached hydrogen (secondary N) is 1. The minimum Gasteiger partial charge on any atom is -0.279 e. The Labute approximate surface area is 142 Å². The van der Waals surface area contributed by atoms with Crippen molar-refractivity contribution in [1.82, 2.24) is 0 Å². The van der Waals surface area contributed by atoms with E-state index in [9.17, 15) is 8.42 Å². The van der Waals surface area contributed by atoms with Gasteiger partial charge in [0.1, 0.15) is 0 Å². The lowest BCUT2D eigenvalue weighted by atomic mass is 10.00. The minimum absolute atomic E-state index is 0.281. The molecular formula is C20H19NO2S. The van der Waals surface area contributed by atoms with E-state index in [-0.39, 0.29) is 4.90 Å². The van der Waals surface area contributed by atoms with E-state index >= 15 is 0 Å². The van der Waals surface area contributed by atoms with Crippen LogP contribution in [0.15, 0.2) is 65.6 Å². The Morgan fingerprint density at radius 1 is 0.875 bits per heavy atom. The number of rotatable bonds is 4. The Bertz CT molecular complexity index is 1000. The summed E-state index contributed by atoms with van der Waals surface area (Å²) < 4.78 is 28.1. The van der Waals surface area contributed by atoms with Gasteiger partial charge in [-0.15, -0.1) is 0 Å². The first-order valence-electron chi connectivity index (χ1n) is 8.16. The number of fused-ring (bicyclic) bond motifs is 1. The van der Waals surface area contributed by atoms with Gasteiger partial charge in [-0.05, 0) is 54.8 Å². The normalized spacial score (nSPS) is 14.7. The molecule has 0 atom stereocenters. The molecule has 4 heteroatoms. The zero-order chi connectivity index (χ0) is 16.7. The third kappa shape index (κ3) is 2.78. The molecule has 0 bridgehead atoms. The van der Waals surface area contributed by atoms with Crippen LogP contribution in [0.2, 0.25) is 0 Å². The van der Waals surface area contributed by atoms with Crippen molar-refractivity contribution in [2.75, 3.05) is 4.72 Å². The van der Waals surface area contributed by atoms with E-state index in [4.69, 9.17) is 0 Å². The largest absolute Gasteiger partial charge is 0.279 e. The molecule has 0 heterocycles. The average molecular weight is 337 g/mol. The molecule has 1 N–H and O–H groups in total. The van der Waals surface area contributed by atoms with Crippen LogP contribution in [0.1, 0.15) is 29.9 Å². The van der Waals surface area contributed by atoms with Gasteiger partial charge in [-0.1, -0.05) is 48.0 Å². The summed E-state index contributed by atoms with van der Waals surface area (Å²) in [6.07, 6.45) is 2.44. The lowest BCUT2D eigenvalue weighted by Crippen LogP contribution is -2.13. The number of benzene rings is 3.